The van der Waals surface area contributed by atoms with Gasteiger partial charge in [-0.15, -0.1) is 6.58 Å². The van der Waals surface area contributed by atoms with E-state index in [2.05, 4.69) is 11.9 Å². The maximum absolute atomic E-state index is 11.4. The van der Waals surface area contributed by atoms with Gasteiger partial charge in [-0.2, -0.15) is 0 Å². The summed E-state index contributed by atoms with van der Waals surface area (Å²) in [4.78, 5) is 21.8. The highest BCUT2D eigenvalue weighted by Crippen LogP contribution is 2.08. The molecule has 0 aromatic carbocycles. The van der Waals surface area contributed by atoms with E-state index in [1.165, 1.54) is 6.42 Å². The van der Waals surface area contributed by atoms with Gasteiger partial charge in [0.25, 0.3) is 0 Å². The Morgan fingerprint density at radius 1 is 1.16 bits per heavy atom. The molecule has 0 aromatic rings. The number of rotatable bonds is 12. The molecule has 0 saturated carbocycles. The number of aliphatic carboxylic acids is 1. The molecule has 1 atom stereocenters. The SMILES string of the molecule is C=CCCCCCCCCC(=O)N[C@@H](CO)C(=O)[O-]. The number of hydrogen-bond acceptors (Lipinski definition) is 4. The van der Waals surface area contributed by atoms with Gasteiger partial charge < -0.3 is 20.3 Å². The van der Waals surface area contributed by atoms with Crippen molar-refractivity contribution < 1.29 is 19.8 Å². The smallest absolute Gasteiger partial charge is 0.220 e. The van der Waals surface area contributed by atoms with Crippen LogP contribution in [0.4, 0.5) is 0 Å². The maximum Gasteiger partial charge on any atom is 0.220 e. The number of allylic oxidation sites excluding steroid dienone is 1. The summed E-state index contributed by atoms with van der Waals surface area (Å²) >= 11 is 0. The number of carboxylic acid groups (broad SMARTS) is 1. The summed E-state index contributed by atoms with van der Waals surface area (Å²) in [7, 11) is 0. The molecule has 5 nitrogen and oxygen atoms in total. The zero-order valence-corrected chi connectivity index (χ0v) is 11.4. The first kappa shape index (κ1) is 17.6. The predicted molar refractivity (Wildman–Crippen MR) is 71.2 cm³/mol. The monoisotopic (exact) mass is 270 g/mol. The molecule has 0 unspecified atom stereocenters. The minimum Gasteiger partial charge on any atom is -0.548 e. The molecule has 0 rings (SSSR count). The van der Waals surface area contributed by atoms with E-state index >= 15 is 0 Å². The van der Waals surface area contributed by atoms with Crippen molar-refractivity contribution in [3.8, 4) is 0 Å². The van der Waals surface area contributed by atoms with Crippen LogP contribution in [-0.4, -0.2) is 29.6 Å². The van der Waals surface area contributed by atoms with Crippen molar-refractivity contribution in [1.82, 2.24) is 5.32 Å². The Kier molecular flexibility index (Phi) is 10.9. The van der Waals surface area contributed by atoms with Gasteiger partial charge in [-0.05, 0) is 19.3 Å². The summed E-state index contributed by atoms with van der Waals surface area (Å²) in [5, 5.41) is 21.4. The Morgan fingerprint density at radius 3 is 2.26 bits per heavy atom. The first-order chi connectivity index (χ1) is 9.11. The molecule has 19 heavy (non-hydrogen) atoms. The van der Waals surface area contributed by atoms with E-state index in [0.29, 0.717) is 0 Å². The van der Waals surface area contributed by atoms with E-state index in [-0.39, 0.29) is 12.3 Å². The van der Waals surface area contributed by atoms with E-state index in [4.69, 9.17) is 5.11 Å². The van der Waals surface area contributed by atoms with Crippen LogP contribution in [0.25, 0.3) is 0 Å². The summed E-state index contributed by atoms with van der Waals surface area (Å²) in [5.41, 5.74) is 0. The van der Waals surface area contributed by atoms with Crippen LogP contribution in [-0.2, 0) is 9.59 Å². The molecule has 0 saturated heterocycles. The van der Waals surface area contributed by atoms with Gasteiger partial charge in [0.15, 0.2) is 0 Å². The van der Waals surface area contributed by atoms with Gasteiger partial charge in [-0.25, -0.2) is 0 Å². The van der Waals surface area contributed by atoms with Crippen LogP contribution in [0.2, 0.25) is 0 Å². The van der Waals surface area contributed by atoms with Crippen LogP contribution in [0, 0.1) is 0 Å². The number of amides is 1. The van der Waals surface area contributed by atoms with E-state index < -0.39 is 18.6 Å². The van der Waals surface area contributed by atoms with Gasteiger partial charge in [-0.3, -0.25) is 4.79 Å². The zero-order chi connectivity index (χ0) is 14.5. The molecule has 0 heterocycles. The molecule has 0 radical (unpaired) electrons. The Balaban J connectivity index is 3.48. The number of unbranched alkanes of at least 4 members (excludes halogenated alkanes) is 6. The minimum atomic E-state index is -1.46. The highest BCUT2D eigenvalue weighted by molar-refractivity contribution is 5.82. The average molecular weight is 270 g/mol. The third-order valence-corrected chi connectivity index (χ3v) is 2.86. The van der Waals surface area contributed by atoms with Crippen LogP contribution >= 0.6 is 0 Å². The van der Waals surface area contributed by atoms with Crippen molar-refractivity contribution in [3.05, 3.63) is 12.7 Å². The summed E-state index contributed by atoms with van der Waals surface area (Å²) in [6.07, 6.45) is 9.50. The number of hydrogen-bond donors (Lipinski definition) is 2. The Hall–Kier alpha value is -1.36. The largest absolute Gasteiger partial charge is 0.548 e. The van der Waals surface area contributed by atoms with Gasteiger partial charge >= 0.3 is 0 Å². The standard InChI is InChI=1S/C14H25NO4/c1-2-3-4-5-6-7-8-9-10-13(17)15-12(11-16)14(18)19/h2,12,16H,1,3-11H2,(H,15,17)(H,18,19)/p-1/t12-/m0/s1. The topological polar surface area (TPSA) is 89.5 Å². The molecule has 2 N–H and O–H groups in total. The number of carbonyl (C=O) groups excluding carboxylic acids is 2. The lowest BCUT2D eigenvalue weighted by molar-refractivity contribution is -0.309. The Labute approximate surface area is 114 Å². The first-order valence-electron chi connectivity index (χ1n) is 6.83. The van der Waals surface area contributed by atoms with Crippen LogP contribution in [0.5, 0.6) is 0 Å². The van der Waals surface area contributed by atoms with Crippen molar-refractivity contribution in [2.24, 2.45) is 0 Å². The van der Waals surface area contributed by atoms with Crippen LogP contribution in [0.1, 0.15) is 51.4 Å². The molecule has 0 spiro atoms. The van der Waals surface area contributed by atoms with Crippen LogP contribution < -0.4 is 10.4 Å². The molecule has 0 aliphatic rings. The zero-order valence-electron chi connectivity index (χ0n) is 11.4. The van der Waals surface area contributed by atoms with Gasteiger partial charge in [0.2, 0.25) is 5.91 Å². The molecule has 0 aliphatic heterocycles. The maximum atomic E-state index is 11.4. The quantitative estimate of drug-likeness (QED) is 0.399. The second-order valence-electron chi connectivity index (χ2n) is 4.57. The molecular weight excluding hydrogens is 246 g/mol. The van der Waals surface area contributed by atoms with Crippen LogP contribution in [0.3, 0.4) is 0 Å². The van der Waals surface area contributed by atoms with E-state index in [9.17, 15) is 14.7 Å². The number of aliphatic hydroxyl groups is 1. The Morgan fingerprint density at radius 2 is 1.74 bits per heavy atom. The second kappa shape index (κ2) is 11.7. The molecule has 110 valence electrons. The molecule has 5 heteroatoms. The number of carboxylic acids is 1. The fraction of sp³-hybridized carbons (Fsp3) is 0.714. The van der Waals surface area contributed by atoms with Crippen molar-refractivity contribution in [2.45, 2.75) is 57.4 Å². The predicted octanol–water partition coefficient (Wildman–Crippen LogP) is 0.520. The molecule has 0 aliphatic carbocycles. The third kappa shape index (κ3) is 10.3. The van der Waals surface area contributed by atoms with Crippen molar-refractivity contribution in [3.63, 3.8) is 0 Å². The number of carbonyl (C=O) groups is 2. The molecule has 0 fully saturated rings. The highest BCUT2D eigenvalue weighted by Gasteiger charge is 2.11. The third-order valence-electron chi connectivity index (χ3n) is 2.86. The summed E-state index contributed by atoms with van der Waals surface area (Å²) in [6, 6.07) is -1.30. The fourth-order valence-corrected chi connectivity index (χ4v) is 1.73. The van der Waals surface area contributed by atoms with Gasteiger partial charge in [0.05, 0.1) is 18.6 Å². The highest BCUT2D eigenvalue weighted by atomic mass is 16.4. The lowest BCUT2D eigenvalue weighted by Gasteiger charge is -2.16. The summed E-state index contributed by atoms with van der Waals surface area (Å²) < 4.78 is 0. The number of aliphatic hydroxyl groups excluding tert-OH is 1. The average Bonchev–Trinajstić information content (AvgIpc) is 2.38. The minimum absolute atomic E-state index is 0.288. The Bertz CT molecular complexity index is 279. The lowest BCUT2D eigenvalue weighted by Crippen LogP contribution is -2.49. The molecular formula is C14H24NO4-. The van der Waals surface area contributed by atoms with Gasteiger partial charge in [0.1, 0.15) is 0 Å². The van der Waals surface area contributed by atoms with Crippen molar-refractivity contribution >= 4 is 11.9 Å². The van der Waals surface area contributed by atoms with Gasteiger partial charge in [-0.1, -0.05) is 31.8 Å². The molecule has 0 aromatic heterocycles. The fourth-order valence-electron chi connectivity index (χ4n) is 1.73. The van der Waals surface area contributed by atoms with Gasteiger partial charge in [0, 0.05) is 6.42 Å². The van der Waals surface area contributed by atoms with E-state index in [0.717, 1.165) is 38.5 Å². The van der Waals surface area contributed by atoms with Crippen molar-refractivity contribution in [2.75, 3.05) is 6.61 Å². The second-order valence-corrected chi connectivity index (χ2v) is 4.57. The normalized spacial score (nSPS) is 11.8. The van der Waals surface area contributed by atoms with Crippen LogP contribution in [0.15, 0.2) is 12.7 Å². The molecule has 1 amide bonds. The summed E-state index contributed by atoms with van der Waals surface area (Å²) in [6.45, 7) is 3.02. The van der Waals surface area contributed by atoms with E-state index in [1.807, 2.05) is 6.08 Å². The lowest BCUT2D eigenvalue weighted by atomic mass is 10.1. The number of nitrogens with one attached hydrogen (secondary N) is 1. The first-order valence-corrected chi connectivity index (χ1v) is 6.83. The van der Waals surface area contributed by atoms with E-state index in [1.54, 1.807) is 0 Å². The summed E-state index contributed by atoms with van der Waals surface area (Å²) in [5.74, 6) is -1.81. The van der Waals surface area contributed by atoms with Crippen molar-refractivity contribution in [1.29, 1.82) is 0 Å². The molecule has 0 bridgehead atoms.